The summed E-state index contributed by atoms with van der Waals surface area (Å²) >= 11 is 5.89. The zero-order chi connectivity index (χ0) is 12.3. The van der Waals surface area contributed by atoms with Gasteiger partial charge in [0.15, 0.2) is 0 Å². The maximum absolute atomic E-state index is 5.89. The van der Waals surface area contributed by atoms with Crippen LogP contribution in [0.4, 0.5) is 0 Å². The Labute approximate surface area is 110 Å². The van der Waals surface area contributed by atoms with Crippen molar-refractivity contribution in [1.82, 2.24) is 5.32 Å². The normalized spacial score (nSPS) is 25.2. The number of piperidine rings is 1. The van der Waals surface area contributed by atoms with Gasteiger partial charge in [0.1, 0.15) is 0 Å². The van der Waals surface area contributed by atoms with Gasteiger partial charge in [-0.1, -0.05) is 37.6 Å². The second-order valence-electron chi connectivity index (χ2n) is 5.52. The predicted octanol–water partition coefficient (Wildman–Crippen LogP) is 3.91. The minimum atomic E-state index is 0.645. The Morgan fingerprint density at radius 2 is 1.94 bits per heavy atom. The average molecular weight is 252 g/mol. The molecule has 94 valence electrons. The molecule has 1 aromatic carbocycles. The van der Waals surface area contributed by atoms with Crippen LogP contribution in [-0.4, -0.2) is 12.6 Å². The molecule has 0 aromatic heterocycles. The van der Waals surface area contributed by atoms with Crippen LogP contribution in [0.25, 0.3) is 0 Å². The zero-order valence-electron chi connectivity index (χ0n) is 10.7. The van der Waals surface area contributed by atoms with Crippen LogP contribution < -0.4 is 5.32 Å². The molecule has 1 nitrogen and oxygen atoms in total. The molecule has 0 bridgehead atoms. The Hall–Kier alpha value is -0.530. The van der Waals surface area contributed by atoms with Crippen molar-refractivity contribution in [2.45, 2.75) is 39.2 Å². The highest BCUT2D eigenvalue weighted by Crippen LogP contribution is 2.23. The van der Waals surface area contributed by atoms with E-state index in [4.69, 9.17) is 11.6 Å². The molecule has 0 aliphatic carbocycles. The second-order valence-corrected chi connectivity index (χ2v) is 5.95. The van der Waals surface area contributed by atoms with Crippen molar-refractivity contribution in [2.75, 3.05) is 6.54 Å². The fourth-order valence-corrected chi connectivity index (χ4v) is 2.71. The van der Waals surface area contributed by atoms with Crippen molar-refractivity contribution in [3.8, 4) is 0 Å². The maximum atomic E-state index is 5.89. The Morgan fingerprint density at radius 3 is 2.47 bits per heavy atom. The highest BCUT2D eigenvalue weighted by Gasteiger charge is 2.22. The summed E-state index contributed by atoms with van der Waals surface area (Å²) in [6.07, 6.45) is 3.79. The van der Waals surface area contributed by atoms with Crippen molar-refractivity contribution in [1.29, 1.82) is 0 Å². The van der Waals surface area contributed by atoms with Gasteiger partial charge in [-0.25, -0.2) is 0 Å². The molecule has 1 aliphatic heterocycles. The lowest BCUT2D eigenvalue weighted by Crippen LogP contribution is -2.41. The molecule has 0 saturated carbocycles. The first-order valence-electron chi connectivity index (χ1n) is 6.63. The lowest BCUT2D eigenvalue weighted by Gasteiger charge is -2.32. The van der Waals surface area contributed by atoms with Crippen LogP contribution in [0.5, 0.6) is 0 Å². The molecule has 1 heterocycles. The molecule has 1 saturated heterocycles. The maximum Gasteiger partial charge on any atom is 0.0406 e. The lowest BCUT2D eigenvalue weighted by molar-refractivity contribution is 0.253. The average Bonchev–Trinajstić information content (AvgIpc) is 2.33. The summed E-state index contributed by atoms with van der Waals surface area (Å²) in [7, 11) is 0. The molecule has 1 aliphatic rings. The van der Waals surface area contributed by atoms with E-state index >= 15 is 0 Å². The van der Waals surface area contributed by atoms with E-state index in [2.05, 4.69) is 31.3 Å². The van der Waals surface area contributed by atoms with Gasteiger partial charge in [0, 0.05) is 11.1 Å². The van der Waals surface area contributed by atoms with E-state index in [-0.39, 0.29) is 0 Å². The first kappa shape index (κ1) is 12.9. The lowest BCUT2D eigenvalue weighted by atomic mass is 9.85. The van der Waals surface area contributed by atoms with Crippen LogP contribution in [-0.2, 0) is 6.42 Å². The molecular formula is C15H22ClN. The van der Waals surface area contributed by atoms with Gasteiger partial charge in [0.25, 0.3) is 0 Å². The van der Waals surface area contributed by atoms with Crippen molar-refractivity contribution < 1.29 is 0 Å². The number of hydrogen-bond donors (Lipinski definition) is 1. The van der Waals surface area contributed by atoms with Crippen molar-refractivity contribution in [2.24, 2.45) is 11.8 Å². The molecule has 2 heteroatoms. The van der Waals surface area contributed by atoms with E-state index in [0.29, 0.717) is 6.04 Å². The van der Waals surface area contributed by atoms with Crippen LogP contribution in [0.3, 0.4) is 0 Å². The van der Waals surface area contributed by atoms with Gasteiger partial charge in [0.2, 0.25) is 0 Å². The number of benzene rings is 1. The summed E-state index contributed by atoms with van der Waals surface area (Å²) in [4.78, 5) is 0. The molecule has 0 unspecified atom stereocenters. The Balaban J connectivity index is 1.84. The highest BCUT2D eigenvalue weighted by molar-refractivity contribution is 6.30. The summed E-state index contributed by atoms with van der Waals surface area (Å²) in [5.74, 6) is 1.66. The van der Waals surface area contributed by atoms with Gasteiger partial charge < -0.3 is 5.32 Å². The van der Waals surface area contributed by atoms with Gasteiger partial charge in [-0.05, 0) is 55.3 Å². The third-order valence-corrected chi connectivity index (χ3v) is 4.14. The molecule has 0 amide bonds. The van der Waals surface area contributed by atoms with E-state index in [9.17, 15) is 0 Å². The number of rotatable bonds is 3. The summed E-state index contributed by atoms with van der Waals surface area (Å²) in [6.45, 7) is 5.83. The standard InChI is InChI=1S/C15H22ClN/c1-11(2)13-5-8-15(17-10-13)9-12-3-6-14(16)7-4-12/h3-4,6-7,11,13,15,17H,5,8-10H2,1-2H3/t13-,15-/m1/s1. The van der Waals surface area contributed by atoms with Gasteiger partial charge >= 0.3 is 0 Å². The van der Waals surface area contributed by atoms with E-state index in [0.717, 1.165) is 23.3 Å². The molecule has 17 heavy (non-hydrogen) atoms. The van der Waals surface area contributed by atoms with E-state index in [1.54, 1.807) is 0 Å². The smallest absolute Gasteiger partial charge is 0.0406 e. The first-order valence-corrected chi connectivity index (χ1v) is 7.01. The summed E-state index contributed by atoms with van der Waals surface area (Å²) < 4.78 is 0. The highest BCUT2D eigenvalue weighted by atomic mass is 35.5. The Kier molecular flexibility index (Phi) is 4.47. The minimum absolute atomic E-state index is 0.645. The molecule has 1 N–H and O–H groups in total. The topological polar surface area (TPSA) is 12.0 Å². The van der Waals surface area contributed by atoms with Crippen LogP contribution in [0.1, 0.15) is 32.3 Å². The van der Waals surface area contributed by atoms with Crippen LogP contribution >= 0.6 is 11.6 Å². The van der Waals surface area contributed by atoms with Crippen LogP contribution in [0.2, 0.25) is 5.02 Å². The molecule has 0 spiro atoms. The monoisotopic (exact) mass is 251 g/mol. The largest absolute Gasteiger partial charge is 0.313 e. The molecule has 1 fully saturated rings. The zero-order valence-corrected chi connectivity index (χ0v) is 11.5. The second kappa shape index (κ2) is 5.88. The van der Waals surface area contributed by atoms with Crippen molar-refractivity contribution in [3.05, 3.63) is 34.9 Å². The number of hydrogen-bond acceptors (Lipinski definition) is 1. The molecule has 0 radical (unpaired) electrons. The van der Waals surface area contributed by atoms with Crippen LogP contribution in [0, 0.1) is 11.8 Å². The van der Waals surface area contributed by atoms with Gasteiger partial charge in [-0.3, -0.25) is 0 Å². The van der Waals surface area contributed by atoms with Gasteiger partial charge in [-0.15, -0.1) is 0 Å². The first-order chi connectivity index (χ1) is 8.15. The summed E-state index contributed by atoms with van der Waals surface area (Å²) in [5.41, 5.74) is 1.38. The van der Waals surface area contributed by atoms with Crippen molar-refractivity contribution >= 4 is 11.6 Å². The van der Waals surface area contributed by atoms with E-state index < -0.39 is 0 Å². The fraction of sp³-hybridized carbons (Fsp3) is 0.600. The van der Waals surface area contributed by atoms with E-state index in [1.165, 1.54) is 24.9 Å². The van der Waals surface area contributed by atoms with Gasteiger partial charge in [-0.2, -0.15) is 0 Å². The number of halogens is 1. The molecule has 2 rings (SSSR count). The molecule has 1 aromatic rings. The number of nitrogens with one attached hydrogen (secondary N) is 1. The SMILES string of the molecule is CC(C)[C@@H]1CC[C@H](Cc2ccc(Cl)cc2)NC1. The third kappa shape index (κ3) is 3.72. The minimum Gasteiger partial charge on any atom is -0.313 e. The quantitative estimate of drug-likeness (QED) is 0.859. The van der Waals surface area contributed by atoms with Crippen LogP contribution in [0.15, 0.2) is 24.3 Å². The fourth-order valence-electron chi connectivity index (χ4n) is 2.59. The van der Waals surface area contributed by atoms with Gasteiger partial charge in [0.05, 0.1) is 0 Å². The Morgan fingerprint density at radius 1 is 1.24 bits per heavy atom. The summed E-state index contributed by atoms with van der Waals surface area (Å²) in [5, 5.41) is 4.50. The summed E-state index contributed by atoms with van der Waals surface area (Å²) in [6, 6.07) is 8.89. The molecular weight excluding hydrogens is 230 g/mol. The predicted molar refractivity (Wildman–Crippen MR) is 74.5 cm³/mol. The molecule has 2 atom stereocenters. The Bertz CT molecular complexity index is 336. The van der Waals surface area contributed by atoms with E-state index in [1.807, 2.05) is 12.1 Å². The van der Waals surface area contributed by atoms with Crippen molar-refractivity contribution in [3.63, 3.8) is 0 Å². The third-order valence-electron chi connectivity index (χ3n) is 3.89.